The maximum absolute atomic E-state index is 13.3. The Balaban J connectivity index is 1.69. The van der Waals surface area contributed by atoms with E-state index < -0.39 is 23.8 Å². The van der Waals surface area contributed by atoms with Crippen molar-refractivity contribution in [2.75, 3.05) is 0 Å². The van der Waals surface area contributed by atoms with Crippen LogP contribution < -0.4 is 16.0 Å². The second-order valence-corrected chi connectivity index (χ2v) is 12.1. The molecule has 0 spiro atoms. The highest BCUT2D eigenvalue weighted by atomic mass is 32.1. The van der Waals surface area contributed by atoms with E-state index >= 15 is 0 Å². The number of aromatic nitrogens is 1. The van der Waals surface area contributed by atoms with E-state index in [0.29, 0.717) is 32.1 Å². The second kappa shape index (κ2) is 16.5. The Bertz CT molecular complexity index is 1230. The molecule has 3 aromatic rings. The van der Waals surface area contributed by atoms with E-state index in [1.54, 1.807) is 32.5 Å². The van der Waals surface area contributed by atoms with Crippen LogP contribution in [0.25, 0.3) is 0 Å². The third kappa shape index (κ3) is 12.3. The molecule has 3 rings (SSSR count). The Kier molecular flexibility index (Phi) is 12.8. The molecule has 9 nitrogen and oxygen atoms in total. The fourth-order valence-electron chi connectivity index (χ4n) is 4.41. The van der Waals surface area contributed by atoms with Gasteiger partial charge in [0.15, 0.2) is 0 Å². The van der Waals surface area contributed by atoms with Crippen molar-refractivity contribution in [1.82, 2.24) is 20.9 Å². The predicted molar refractivity (Wildman–Crippen MR) is 164 cm³/mol. The molecule has 0 radical (unpaired) electrons. The number of hydrogen-bond acceptors (Lipinski definition) is 7. The zero-order valence-electron chi connectivity index (χ0n) is 24.8. The van der Waals surface area contributed by atoms with Crippen molar-refractivity contribution in [3.05, 3.63) is 88.4 Å². The molecular formula is C32H42N4O5S. The van der Waals surface area contributed by atoms with Crippen LogP contribution in [0.1, 0.15) is 63.0 Å². The number of rotatable bonds is 14. The minimum Gasteiger partial charge on any atom is -0.444 e. The van der Waals surface area contributed by atoms with Crippen molar-refractivity contribution in [3.63, 3.8) is 0 Å². The SMILES string of the molecule is CC[C@H](NC(=O)OC(C)(C)C)C(=O)N[C@H](CC[C@H](Cc1ccccc1)NC(=O)OCc1cncs1)Cc1ccccc1. The van der Waals surface area contributed by atoms with Gasteiger partial charge >= 0.3 is 12.2 Å². The lowest BCUT2D eigenvalue weighted by Gasteiger charge is -2.26. The molecule has 3 N–H and O–H groups in total. The number of thiazole rings is 1. The Labute approximate surface area is 252 Å². The van der Waals surface area contributed by atoms with Crippen LogP contribution in [-0.2, 0) is 33.7 Å². The molecule has 0 saturated heterocycles. The Morgan fingerprint density at radius 1 is 0.833 bits per heavy atom. The first kappa shape index (κ1) is 32.6. The predicted octanol–water partition coefficient (Wildman–Crippen LogP) is 5.79. The van der Waals surface area contributed by atoms with E-state index in [1.165, 1.54) is 11.3 Å². The van der Waals surface area contributed by atoms with Crippen molar-refractivity contribution in [2.24, 2.45) is 0 Å². The molecule has 1 aromatic heterocycles. The van der Waals surface area contributed by atoms with E-state index in [2.05, 4.69) is 20.9 Å². The first-order valence-corrected chi connectivity index (χ1v) is 15.2. The van der Waals surface area contributed by atoms with Gasteiger partial charge in [0.05, 0.1) is 10.4 Å². The summed E-state index contributed by atoms with van der Waals surface area (Å²) in [6.07, 6.45) is 3.36. The number of hydrogen-bond donors (Lipinski definition) is 3. The Hall–Kier alpha value is -3.92. The van der Waals surface area contributed by atoms with E-state index in [9.17, 15) is 14.4 Å². The van der Waals surface area contributed by atoms with Gasteiger partial charge in [0, 0.05) is 18.3 Å². The normalized spacial score (nSPS) is 13.3. The van der Waals surface area contributed by atoms with Crippen LogP contribution in [-0.4, -0.2) is 46.8 Å². The molecule has 0 unspecified atom stereocenters. The highest BCUT2D eigenvalue weighted by molar-refractivity contribution is 7.09. The summed E-state index contributed by atoms with van der Waals surface area (Å²) in [4.78, 5) is 43.3. The van der Waals surface area contributed by atoms with Crippen LogP contribution in [0.4, 0.5) is 9.59 Å². The average molecular weight is 595 g/mol. The summed E-state index contributed by atoms with van der Waals surface area (Å²) in [5, 5.41) is 8.85. The van der Waals surface area contributed by atoms with E-state index in [1.807, 2.05) is 67.6 Å². The molecule has 0 bridgehead atoms. The van der Waals surface area contributed by atoms with E-state index in [0.717, 1.165) is 16.0 Å². The summed E-state index contributed by atoms with van der Waals surface area (Å²) >= 11 is 1.43. The lowest BCUT2D eigenvalue weighted by Crippen LogP contribution is -2.51. The van der Waals surface area contributed by atoms with Crippen LogP contribution >= 0.6 is 11.3 Å². The third-order valence-electron chi connectivity index (χ3n) is 6.43. The van der Waals surface area contributed by atoms with Gasteiger partial charge in [-0.15, -0.1) is 11.3 Å². The maximum atomic E-state index is 13.3. The molecular weight excluding hydrogens is 552 g/mol. The number of nitrogens with zero attached hydrogens (tertiary/aromatic N) is 1. The summed E-state index contributed by atoms with van der Waals surface area (Å²) in [7, 11) is 0. The van der Waals surface area contributed by atoms with Gasteiger partial charge in [-0.3, -0.25) is 9.78 Å². The second-order valence-electron chi connectivity index (χ2n) is 11.2. The van der Waals surface area contributed by atoms with Gasteiger partial charge in [-0.05, 0) is 64.0 Å². The topological polar surface area (TPSA) is 119 Å². The molecule has 0 aliphatic heterocycles. The molecule has 42 heavy (non-hydrogen) atoms. The number of alkyl carbamates (subject to hydrolysis) is 2. The molecule has 226 valence electrons. The van der Waals surface area contributed by atoms with E-state index in [-0.39, 0.29) is 24.6 Å². The standard InChI is InChI=1S/C32H42N4O5S/c1-5-28(36-31(39)41-32(2,3)4)29(37)34-25(18-23-12-8-6-9-13-23)16-17-26(19-24-14-10-7-11-15-24)35-30(38)40-21-27-20-33-22-42-27/h6-15,20,22,25-26,28H,5,16-19,21H2,1-4H3,(H,34,37)(H,35,38)(H,36,39)/t25-,26-,28+/m1/s1. The molecule has 0 aliphatic carbocycles. The van der Waals surface area contributed by atoms with Crippen molar-refractivity contribution in [1.29, 1.82) is 0 Å². The molecule has 2 aromatic carbocycles. The molecule has 1 heterocycles. The van der Waals surface area contributed by atoms with Crippen LogP contribution in [0.15, 0.2) is 72.4 Å². The van der Waals surface area contributed by atoms with Crippen LogP contribution in [0.3, 0.4) is 0 Å². The first-order chi connectivity index (χ1) is 20.1. The van der Waals surface area contributed by atoms with Gasteiger partial charge in [0.25, 0.3) is 0 Å². The van der Waals surface area contributed by atoms with Crippen LogP contribution in [0, 0.1) is 0 Å². The van der Waals surface area contributed by atoms with Gasteiger partial charge in [0.1, 0.15) is 18.2 Å². The van der Waals surface area contributed by atoms with E-state index in [4.69, 9.17) is 9.47 Å². The summed E-state index contributed by atoms with van der Waals surface area (Å²) in [6.45, 7) is 7.32. The first-order valence-electron chi connectivity index (χ1n) is 14.3. The van der Waals surface area contributed by atoms with Crippen molar-refractivity contribution >= 4 is 29.4 Å². The van der Waals surface area contributed by atoms with Gasteiger partial charge < -0.3 is 25.4 Å². The summed E-state index contributed by atoms with van der Waals surface area (Å²) < 4.78 is 10.8. The lowest BCUT2D eigenvalue weighted by molar-refractivity contribution is -0.124. The van der Waals surface area contributed by atoms with Gasteiger partial charge in [-0.2, -0.15) is 0 Å². The third-order valence-corrected chi connectivity index (χ3v) is 7.18. The van der Waals surface area contributed by atoms with Gasteiger partial charge in [-0.25, -0.2) is 9.59 Å². The minimum atomic E-state index is -0.738. The van der Waals surface area contributed by atoms with Gasteiger partial charge in [-0.1, -0.05) is 67.6 Å². The summed E-state index contributed by atoms with van der Waals surface area (Å²) in [5.41, 5.74) is 3.19. The maximum Gasteiger partial charge on any atom is 0.408 e. The highest BCUT2D eigenvalue weighted by Gasteiger charge is 2.26. The zero-order valence-corrected chi connectivity index (χ0v) is 25.6. The monoisotopic (exact) mass is 594 g/mol. The quantitative estimate of drug-likeness (QED) is 0.217. The average Bonchev–Trinajstić information content (AvgIpc) is 3.47. The number of carbonyl (C=O) groups is 3. The molecule has 0 aliphatic rings. The number of ether oxygens (including phenoxy) is 2. The molecule has 10 heteroatoms. The molecule has 3 atom stereocenters. The summed E-state index contributed by atoms with van der Waals surface area (Å²) in [6, 6.07) is 18.7. The smallest absolute Gasteiger partial charge is 0.408 e. The lowest BCUT2D eigenvalue weighted by atomic mass is 9.95. The summed E-state index contributed by atoms with van der Waals surface area (Å²) in [5.74, 6) is -0.277. The fraction of sp³-hybridized carbons (Fsp3) is 0.438. The highest BCUT2D eigenvalue weighted by Crippen LogP contribution is 2.15. The zero-order chi connectivity index (χ0) is 30.4. The van der Waals surface area contributed by atoms with Gasteiger partial charge in [0.2, 0.25) is 5.91 Å². The number of carbonyl (C=O) groups excluding carboxylic acids is 3. The van der Waals surface area contributed by atoms with Crippen molar-refractivity contribution in [2.45, 2.75) is 90.1 Å². The minimum absolute atomic E-state index is 0.157. The van der Waals surface area contributed by atoms with Crippen molar-refractivity contribution in [3.8, 4) is 0 Å². The number of nitrogens with one attached hydrogen (secondary N) is 3. The molecule has 0 saturated carbocycles. The van der Waals surface area contributed by atoms with Crippen LogP contribution in [0.2, 0.25) is 0 Å². The fourth-order valence-corrected chi connectivity index (χ4v) is 4.92. The number of benzene rings is 2. The van der Waals surface area contributed by atoms with Crippen molar-refractivity contribution < 1.29 is 23.9 Å². The number of amides is 3. The Morgan fingerprint density at radius 2 is 1.40 bits per heavy atom. The molecule has 3 amide bonds. The Morgan fingerprint density at radius 3 is 1.90 bits per heavy atom. The molecule has 0 fully saturated rings. The largest absolute Gasteiger partial charge is 0.444 e. The van der Waals surface area contributed by atoms with Crippen LogP contribution in [0.5, 0.6) is 0 Å².